The quantitative estimate of drug-likeness (QED) is 0.673. The van der Waals surface area contributed by atoms with E-state index in [0.29, 0.717) is 12.2 Å². The average molecular weight is 382 g/mol. The third-order valence-electron chi connectivity index (χ3n) is 4.61. The summed E-state index contributed by atoms with van der Waals surface area (Å²) in [7, 11) is 0. The molecule has 1 fully saturated rings. The van der Waals surface area contributed by atoms with Crippen molar-refractivity contribution in [2.75, 3.05) is 31.5 Å². The molecule has 3 aromatic rings. The average Bonchev–Trinajstić information content (AvgIpc) is 3.25. The van der Waals surface area contributed by atoms with Crippen molar-refractivity contribution in [1.82, 2.24) is 35.4 Å². The van der Waals surface area contributed by atoms with Crippen LogP contribution in [0.5, 0.6) is 0 Å². The second-order valence-electron chi connectivity index (χ2n) is 6.44. The number of carbonyl (C=O) groups is 1. The fraction of sp³-hybridized carbons (Fsp3) is 0.278. The van der Waals surface area contributed by atoms with Gasteiger partial charge in [-0.25, -0.2) is 9.07 Å². The van der Waals surface area contributed by atoms with E-state index in [2.05, 4.69) is 36.0 Å². The van der Waals surface area contributed by atoms with Gasteiger partial charge in [-0.15, -0.1) is 5.10 Å². The molecule has 1 amide bonds. The summed E-state index contributed by atoms with van der Waals surface area (Å²) in [5.41, 5.74) is 1.68. The SMILES string of the molecule is O=C(CN1CCNCC1c1cccnc1)Nc1cc(-n2cnnn2)ccc1F. The molecule has 1 aliphatic heterocycles. The summed E-state index contributed by atoms with van der Waals surface area (Å²) >= 11 is 0. The van der Waals surface area contributed by atoms with Gasteiger partial charge in [0.2, 0.25) is 5.91 Å². The van der Waals surface area contributed by atoms with Gasteiger partial charge < -0.3 is 10.6 Å². The number of pyridine rings is 1. The third kappa shape index (κ3) is 4.02. The highest BCUT2D eigenvalue weighted by atomic mass is 19.1. The van der Waals surface area contributed by atoms with Crippen LogP contribution in [-0.4, -0.2) is 62.2 Å². The smallest absolute Gasteiger partial charge is 0.238 e. The van der Waals surface area contributed by atoms with E-state index < -0.39 is 5.82 Å². The summed E-state index contributed by atoms with van der Waals surface area (Å²) in [6, 6.07) is 8.21. The van der Waals surface area contributed by atoms with Crippen LogP contribution < -0.4 is 10.6 Å². The molecule has 28 heavy (non-hydrogen) atoms. The first-order valence-corrected chi connectivity index (χ1v) is 8.88. The molecule has 0 bridgehead atoms. The Morgan fingerprint density at radius 3 is 3.07 bits per heavy atom. The monoisotopic (exact) mass is 382 g/mol. The lowest BCUT2D eigenvalue weighted by molar-refractivity contribution is -0.118. The van der Waals surface area contributed by atoms with Crippen molar-refractivity contribution in [2.24, 2.45) is 0 Å². The number of aromatic nitrogens is 5. The van der Waals surface area contributed by atoms with Crippen LogP contribution in [0.3, 0.4) is 0 Å². The van der Waals surface area contributed by atoms with Crippen LogP contribution in [0, 0.1) is 5.82 Å². The number of hydrogen-bond acceptors (Lipinski definition) is 7. The van der Waals surface area contributed by atoms with Gasteiger partial charge in [0, 0.05) is 38.1 Å². The molecule has 1 aliphatic rings. The molecular formula is C18H19FN8O. The Hall–Kier alpha value is -3.24. The molecule has 1 unspecified atom stereocenters. The number of amides is 1. The minimum absolute atomic E-state index is 0.0330. The van der Waals surface area contributed by atoms with Crippen molar-refractivity contribution in [3.8, 4) is 5.69 Å². The van der Waals surface area contributed by atoms with Gasteiger partial charge in [-0.05, 0) is 40.3 Å². The number of anilines is 1. The number of rotatable bonds is 5. The molecule has 2 aromatic heterocycles. The van der Waals surface area contributed by atoms with Gasteiger partial charge in [0.05, 0.1) is 17.9 Å². The summed E-state index contributed by atoms with van der Waals surface area (Å²) < 4.78 is 15.6. The van der Waals surface area contributed by atoms with E-state index in [9.17, 15) is 9.18 Å². The van der Waals surface area contributed by atoms with E-state index in [4.69, 9.17) is 0 Å². The molecule has 10 heteroatoms. The van der Waals surface area contributed by atoms with Crippen LogP contribution >= 0.6 is 0 Å². The fourth-order valence-electron chi connectivity index (χ4n) is 3.24. The Kier molecular flexibility index (Phi) is 5.31. The van der Waals surface area contributed by atoms with Crippen LogP contribution in [-0.2, 0) is 4.79 Å². The molecule has 4 rings (SSSR count). The number of hydrogen-bond donors (Lipinski definition) is 2. The van der Waals surface area contributed by atoms with E-state index in [1.807, 2.05) is 12.1 Å². The Bertz CT molecular complexity index is 934. The Morgan fingerprint density at radius 2 is 2.29 bits per heavy atom. The number of tetrazole rings is 1. The summed E-state index contributed by atoms with van der Waals surface area (Å²) in [5, 5.41) is 16.9. The Morgan fingerprint density at radius 1 is 1.36 bits per heavy atom. The maximum absolute atomic E-state index is 14.2. The summed E-state index contributed by atoms with van der Waals surface area (Å²) in [6.07, 6.45) is 4.92. The van der Waals surface area contributed by atoms with Crippen molar-refractivity contribution in [3.63, 3.8) is 0 Å². The van der Waals surface area contributed by atoms with Crippen molar-refractivity contribution in [3.05, 3.63) is 60.4 Å². The molecule has 1 atom stereocenters. The zero-order valence-electron chi connectivity index (χ0n) is 15.0. The third-order valence-corrected chi connectivity index (χ3v) is 4.61. The highest BCUT2D eigenvalue weighted by molar-refractivity contribution is 5.92. The molecule has 0 radical (unpaired) electrons. The number of nitrogens with one attached hydrogen (secondary N) is 2. The minimum Gasteiger partial charge on any atom is -0.322 e. The molecule has 0 spiro atoms. The Balaban J connectivity index is 1.47. The summed E-state index contributed by atoms with van der Waals surface area (Å²) in [6.45, 7) is 2.37. The van der Waals surface area contributed by atoms with Crippen LogP contribution in [0.4, 0.5) is 10.1 Å². The second-order valence-corrected chi connectivity index (χ2v) is 6.44. The zero-order valence-corrected chi connectivity index (χ0v) is 15.0. The molecule has 0 saturated carbocycles. The minimum atomic E-state index is -0.519. The highest BCUT2D eigenvalue weighted by Crippen LogP contribution is 2.22. The van der Waals surface area contributed by atoms with Gasteiger partial charge in [-0.3, -0.25) is 14.7 Å². The van der Waals surface area contributed by atoms with E-state index in [0.717, 1.165) is 18.7 Å². The van der Waals surface area contributed by atoms with E-state index >= 15 is 0 Å². The second kappa shape index (κ2) is 8.19. The first-order chi connectivity index (χ1) is 13.7. The van der Waals surface area contributed by atoms with Crippen molar-refractivity contribution in [2.45, 2.75) is 6.04 Å². The largest absolute Gasteiger partial charge is 0.322 e. The maximum atomic E-state index is 14.2. The van der Waals surface area contributed by atoms with Crippen molar-refractivity contribution >= 4 is 11.6 Å². The molecule has 9 nitrogen and oxygen atoms in total. The van der Waals surface area contributed by atoms with Gasteiger partial charge in [-0.1, -0.05) is 6.07 Å². The van der Waals surface area contributed by atoms with Gasteiger partial charge in [0.15, 0.2) is 0 Å². The molecule has 3 heterocycles. The van der Waals surface area contributed by atoms with Gasteiger partial charge >= 0.3 is 0 Å². The van der Waals surface area contributed by atoms with Crippen LogP contribution in [0.2, 0.25) is 0 Å². The lowest BCUT2D eigenvalue weighted by Crippen LogP contribution is -2.48. The normalized spacial score (nSPS) is 17.4. The van der Waals surface area contributed by atoms with E-state index in [-0.39, 0.29) is 24.2 Å². The first-order valence-electron chi connectivity index (χ1n) is 8.88. The van der Waals surface area contributed by atoms with Crippen LogP contribution in [0.15, 0.2) is 49.1 Å². The van der Waals surface area contributed by atoms with Gasteiger partial charge in [0.1, 0.15) is 12.1 Å². The molecule has 1 aromatic carbocycles. The van der Waals surface area contributed by atoms with Crippen molar-refractivity contribution < 1.29 is 9.18 Å². The first kappa shape index (κ1) is 18.1. The van der Waals surface area contributed by atoms with Crippen molar-refractivity contribution in [1.29, 1.82) is 0 Å². The number of carbonyl (C=O) groups excluding carboxylic acids is 1. The van der Waals surface area contributed by atoms with E-state index in [1.54, 1.807) is 12.4 Å². The molecular weight excluding hydrogens is 363 g/mol. The molecule has 0 aliphatic carbocycles. The maximum Gasteiger partial charge on any atom is 0.238 e. The van der Waals surface area contributed by atoms with Crippen LogP contribution in [0.25, 0.3) is 5.69 Å². The van der Waals surface area contributed by atoms with Gasteiger partial charge in [-0.2, -0.15) is 0 Å². The number of halogens is 1. The van der Waals surface area contributed by atoms with Crippen LogP contribution in [0.1, 0.15) is 11.6 Å². The number of benzene rings is 1. The molecule has 144 valence electrons. The standard InChI is InChI=1S/C18H19FN8O/c19-15-4-3-14(27-12-22-24-25-27)8-16(15)23-18(28)11-26-7-6-21-10-17(26)13-2-1-5-20-9-13/h1-5,8-9,12,17,21H,6-7,10-11H2,(H,23,28). The van der Waals surface area contributed by atoms with Gasteiger partial charge in [0.25, 0.3) is 0 Å². The number of piperazine rings is 1. The topological polar surface area (TPSA) is 101 Å². The number of nitrogens with zero attached hydrogens (tertiary/aromatic N) is 6. The Labute approximate surface area is 160 Å². The predicted octanol–water partition coefficient (Wildman–Crippen LogP) is 0.781. The predicted molar refractivity (Wildman–Crippen MR) is 99.2 cm³/mol. The summed E-state index contributed by atoms with van der Waals surface area (Å²) in [5.74, 6) is -0.808. The molecule has 1 saturated heterocycles. The lowest BCUT2D eigenvalue weighted by atomic mass is 10.1. The summed E-state index contributed by atoms with van der Waals surface area (Å²) in [4.78, 5) is 18.8. The lowest BCUT2D eigenvalue weighted by Gasteiger charge is -2.35. The zero-order chi connectivity index (χ0) is 19.3. The fourth-order valence-corrected chi connectivity index (χ4v) is 3.24. The highest BCUT2D eigenvalue weighted by Gasteiger charge is 2.26. The molecule has 2 N–H and O–H groups in total. The van der Waals surface area contributed by atoms with E-state index in [1.165, 1.54) is 29.2 Å².